The number of fused-ring (bicyclic) bond motifs is 8. The predicted octanol–water partition coefficient (Wildman–Crippen LogP) is 10.4. The first-order valence-electron chi connectivity index (χ1n) is 13.8. The number of nitrogens with zero attached hydrogens (tertiary/aromatic N) is 1. The van der Waals surface area contributed by atoms with Gasteiger partial charge in [0.1, 0.15) is 0 Å². The lowest BCUT2D eigenvalue weighted by molar-refractivity contribution is 1.19. The van der Waals surface area contributed by atoms with Gasteiger partial charge >= 0.3 is 0 Å². The number of nitrogens with one attached hydrogen (secondary N) is 1. The topological polar surface area (TPSA) is 20.7 Å². The molecule has 0 saturated heterocycles. The predicted molar refractivity (Wildman–Crippen MR) is 171 cm³/mol. The molecule has 7 aromatic carbocycles. The smallest absolute Gasteiger partial charge is 0.0541 e. The quantitative estimate of drug-likeness (QED) is 0.240. The van der Waals surface area contributed by atoms with Gasteiger partial charge in [-0.3, -0.25) is 0 Å². The molecule has 2 nitrogen and oxygen atoms in total. The highest BCUT2D eigenvalue weighted by molar-refractivity contribution is 6.13. The monoisotopic (exact) mass is 508 g/mol. The van der Waals surface area contributed by atoms with E-state index in [4.69, 9.17) is 0 Å². The van der Waals surface area contributed by atoms with Crippen LogP contribution in [0.25, 0.3) is 82.0 Å². The van der Waals surface area contributed by atoms with Crippen molar-refractivity contribution in [2.24, 2.45) is 0 Å². The lowest BCUT2D eigenvalue weighted by Gasteiger charge is -2.10. The van der Waals surface area contributed by atoms with E-state index in [1.54, 1.807) is 0 Å². The number of H-pyrrole nitrogens is 1. The zero-order valence-corrected chi connectivity index (χ0v) is 21.7. The van der Waals surface area contributed by atoms with Gasteiger partial charge in [0.2, 0.25) is 0 Å². The highest BCUT2D eigenvalue weighted by atomic mass is 15.0. The van der Waals surface area contributed by atoms with Gasteiger partial charge in [-0.25, -0.2) is 0 Å². The Labute approximate surface area is 230 Å². The summed E-state index contributed by atoms with van der Waals surface area (Å²) in [6.07, 6.45) is 0. The van der Waals surface area contributed by atoms with Gasteiger partial charge < -0.3 is 9.55 Å². The van der Waals surface area contributed by atoms with Crippen LogP contribution in [0.5, 0.6) is 0 Å². The number of rotatable bonds is 2. The minimum Gasteiger partial charge on any atom is -0.354 e. The summed E-state index contributed by atoms with van der Waals surface area (Å²) < 4.78 is 2.40. The van der Waals surface area contributed by atoms with Gasteiger partial charge in [0.25, 0.3) is 0 Å². The van der Waals surface area contributed by atoms with Crippen LogP contribution in [-0.2, 0) is 0 Å². The van der Waals surface area contributed by atoms with Crippen molar-refractivity contribution in [3.8, 4) is 16.8 Å². The van der Waals surface area contributed by atoms with E-state index in [1.165, 1.54) is 82.0 Å². The van der Waals surface area contributed by atoms with Crippen LogP contribution in [0.4, 0.5) is 0 Å². The lowest BCUT2D eigenvalue weighted by Crippen LogP contribution is -1.93. The van der Waals surface area contributed by atoms with E-state index in [-0.39, 0.29) is 0 Å². The molecule has 0 aliphatic rings. The van der Waals surface area contributed by atoms with E-state index in [2.05, 4.69) is 149 Å². The third kappa shape index (κ3) is 3.11. The minimum atomic E-state index is 1.17. The summed E-state index contributed by atoms with van der Waals surface area (Å²) in [7, 11) is 0. The largest absolute Gasteiger partial charge is 0.354 e. The fraction of sp³-hybridized carbons (Fsp3) is 0. The summed E-state index contributed by atoms with van der Waals surface area (Å²) in [5.41, 5.74) is 8.42. The average Bonchev–Trinajstić information content (AvgIpc) is 3.53. The fourth-order valence-electron chi connectivity index (χ4n) is 6.52. The van der Waals surface area contributed by atoms with E-state index < -0.39 is 0 Å². The van der Waals surface area contributed by atoms with E-state index in [1.807, 2.05) is 0 Å². The standard InChI is InChI=1S/C38H24N2/c1-2-8-25-19-30(16-13-24(25)7-1)40-37-12-6-5-11-32(37)34-21-28(15-18-38(34)40)29-14-17-31-33-20-26-9-3-4-10-27(26)22-36(33)39-35(31)23-29/h1-23,39H. The van der Waals surface area contributed by atoms with E-state index in [0.29, 0.717) is 0 Å². The molecular weight excluding hydrogens is 484 g/mol. The number of benzene rings is 7. The maximum atomic E-state index is 3.68. The number of hydrogen-bond donors (Lipinski definition) is 1. The first kappa shape index (κ1) is 21.6. The van der Waals surface area contributed by atoms with Crippen molar-refractivity contribution >= 4 is 65.2 Å². The number of aromatic amines is 1. The highest BCUT2D eigenvalue weighted by Crippen LogP contribution is 2.37. The van der Waals surface area contributed by atoms with Gasteiger partial charge in [0.15, 0.2) is 0 Å². The summed E-state index contributed by atoms with van der Waals surface area (Å²) in [6.45, 7) is 0. The van der Waals surface area contributed by atoms with Crippen LogP contribution in [0.2, 0.25) is 0 Å². The minimum absolute atomic E-state index is 1.17. The third-order valence-corrected chi connectivity index (χ3v) is 8.46. The maximum Gasteiger partial charge on any atom is 0.0541 e. The Morgan fingerprint density at radius 2 is 1.02 bits per heavy atom. The first-order chi connectivity index (χ1) is 19.8. The van der Waals surface area contributed by atoms with Crippen LogP contribution in [0.15, 0.2) is 140 Å². The lowest BCUT2D eigenvalue weighted by atomic mass is 10.0. The van der Waals surface area contributed by atoms with Crippen LogP contribution in [0.3, 0.4) is 0 Å². The molecule has 2 heteroatoms. The Morgan fingerprint density at radius 3 is 1.90 bits per heavy atom. The highest BCUT2D eigenvalue weighted by Gasteiger charge is 2.14. The van der Waals surface area contributed by atoms with Gasteiger partial charge in [-0.05, 0) is 81.2 Å². The van der Waals surface area contributed by atoms with Gasteiger partial charge in [-0.2, -0.15) is 0 Å². The van der Waals surface area contributed by atoms with E-state index in [0.717, 1.165) is 0 Å². The van der Waals surface area contributed by atoms with E-state index >= 15 is 0 Å². The van der Waals surface area contributed by atoms with Crippen molar-refractivity contribution in [3.05, 3.63) is 140 Å². The molecule has 0 radical (unpaired) electrons. The molecule has 0 aliphatic heterocycles. The number of aromatic nitrogens is 2. The van der Waals surface area contributed by atoms with Crippen LogP contribution in [-0.4, -0.2) is 9.55 Å². The van der Waals surface area contributed by atoms with Crippen LogP contribution in [0.1, 0.15) is 0 Å². The third-order valence-electron chi connectivity index (χ3n) is 8.46. The molecule has 0 fully saturated rings. The molecule has 0 unspecified atom stereocenters. The summed E-state index contributed by atoms with van der Waals surface area (Å²) in [5.74, 6) is 0. The zero-order chi connectivity index (χ0) is 26.2. The van der Waals surface area contributed by atoms with Crippen molar-refractivity contribution in [2.75, 3.05) is 0 Å². The molecule has 0 saturated carbocycles. The second kappa shape index (κ2) is 8.08. The molecule has 9 aromatic rings. The van der Waals surface area contributed by atoms with Crippen molar-refractivity contribution < 1.29 is 0 Å². The molecule has 40 heavy (non-hydrogen) atoms. The van der Waals surface area contributed by atoms with Crippen molar-refractivity contribution in [2.45, 2.75) is 0 Å². The van der Waals surface area contributed by atoms with E-state index in [9.17, 15) is 0 Å². The molecule has 0 aliphatic carbocycles. The van der Waals surface area contributed by atoms with Gasteiger partial charge in [-0.15, -0.1) is 0 Å². The van der Waals surface area contributed by atoms with Gasteiger partial charge in [0.05, 0.1) is 11.0 Å². The molecular formula is C38H24N2. The Hall–Kier alpha value is -5.34. The molecule has 186 valence electrons. The van der Waals surface area contributed by atoms with Crippen LogP contribution >= 0.6 is 0 Å². The summed E-state index contributed by atoms with van der Waals surface area (Å²) in [4.78, 5) is 3.68. The second-order valence-corrected chi connectivity index (χ2v) is 10.7. The normalized spacial score (nSPS) is 12.0. The Bertz CT molecular complexity index is 2440. The maximum absolute atomic E-state index is 3.68. The number of para-hydroxylation sites is 1. The molecule has 2 heterocycles. The number of hydrogen-bond acceptors (Lipinski definition) is 0. The van der Waals surface area contributed by atoms with Gasteiger partial charge in [0, 0.05) is 38.3 Å². The zero-order valence-electron chi connectivity index (χ0n) is 21.7. The molecule has 2 aromatic heterocycles. The summed E-state index contributed by atoms with van der Waals surface area (Å²) >= 11 is 0. The van der Waals surface area contributed by atoms with Gasteiger partial charge in [-0.1, -0.05) is 91.0 Å². The summed E-state index contributed by atoms with van der Waals surface area (Å²) in [6, 6.07) is 50.9. The Kier molecular flexibility index (Phi) is 4.36. The van der Waals surface area contributed by atoms with Crippen molar-refractivity contribution in [1.29, 1.82) is 0 Å². The average molecular weight is 509 g/mol. The Balaban J connectivity index is 1.23. The molecule has 9 rings (SSSR count). The van der Waals surface area contributed by atoms with Crippen LogP contribution < -0.4 is 0 Å². The SMILES string of the molecule is c1ccc2cc(-n3c4ccccc4c4cc(-c5ccc6c(c5)[nH]c5cc7ccccc7cc56)ccc43)ccc2c1. The molecule has 1 N–H and O–H groups in total. The molecule has 0 bridgehead atoms. The van der Waals surface area contributed by atoms with Crippen LogP contribution in [0, 0.1) is 0 Å². The van der Waals surface area contributed by atoms with Crippen molar-refractivity contribution in [1.82, 2.24) is 9.55 Å². The second-order valence-electron chi connectivity index (χ2n) is 10.7. The Morgan fingerprint density at radius 1 is 0.375 bits per heavy atom. The van der Waals surface area contributed by atoms with Crippen molar-refractivity contribution in [3.63, 3.8) is 0 Å². The first-order valence-corrected chi connectivity index (χ1v) is 13.8. The molecule has 0 amide bonds. The summed E-state index contributed by atoms with van der Waals surface area (Å²) in [5, 5.41) is 10.1. The fourth-order valence-corrected chi connectivity index (χ4v) is 6.52. The molecule has 0 spiro atoms. The molecule has 0 atom stereocenters.